The minimum Gasteiger partial charge on any atom is -0.310 e. The molecule has 124 valence electrons. The lowest BCUT2D eigenvalue weighted by Gasteiger charge is -2.28. The van der Waals surface area contributed by atoms with Gasteiger partial charge in [-0.3, -0.25) is 9.63 Å². The molecule has 2 aliphatic rings. The van der Waals surface area contributed by atoms with Crippen molar-refractivity contribution in [1.29, 1.82) is 0 Å². The topological polar surface area (TPSA) is 62.7 Å². The van der Waals surface area contributed by atoms with Crippen molar-refractivity contribution < 1.29 is 14.4 Å². The second-order valence-electron chi connectivity index (χ2n) is 5.97. The molecule has 24 heavy (non-hydrogen) atoms. The second-order valence-corrected chi connectivity index (χ2v) is 6.86. The number of fused-ring (bicyclic) bond motifs is 2. The Bertz CT molecular complexity index is 735. The number of piperidine rings is 1. The highest BCUT2D eigenvalue weighted by molar-refractivity contribution is 7.11. The van der Waals surface area contributed by atoms with Gasteiger partial charge >= 0.3 is 6.03 Å². The number of Topliss-reactive ketones (excluding diaryl/α,β-unsaturated/α-hetero) is 1. The van der Waals surface area contributed by atoms with Crippen LogP contribution in [0, 0.1) is 0 Å². The van der Waals surface area contributed by atoms with E-state index in [0.29, 0.717) is 24.6 Å². The Hall–Kier alpha value is -2.25. The van der Waals surface area contributed by atoms with E-state index in [1.807, 2.05) is 30.3 Å². The number of ketones is 1. The van der Waals surface area contributed by atoms with Crippen LogP contribution in [0.2, 0.25) is 0 Å². The summed E-state index contributed by atoms with van der Waals surface area (Å²) < 4.78 is 0. The van der Waals surface area contributed by atoms with Crippen molar-refractivity contribution in [2.45, 2.75) is 31.5 Å². The fourth-order valence-corrected chi connectivity index (χ4v) is 3.90. The van der Waals surface area contributed by atoms with Crippen LogP contribution in [0.3, 0.4) is 0 Å². The molecular formula is C17H17N3O3S. The van der Waals surface area contributed by atoms with Gasteiger partial charge < -0.3 is 4.90 Å². The van der Waals surface area contributed by atoms with Crippen LogP contribution in [0.15, 0.2) is 41.9 Å². The van der Waals surface area contributed by atoms with Crippen molar-refractivity contribution in [2.75, 3.05) is 6.54 Å². The van der Waals surface area contributed by atoms with Gasteiger partial charge in [0.2, 0.25) is 5.78 Å². The highest BCUT2D eigenvalue weighted by Crippen LogP contribution is 2.32. The van der Waals surface area contributed by atoms with Crippen LogP contribution in [0.25, 0.3) is 0 Å². The number of hydrogen-bond donors (Lipinski definition) is 0. The van der Waals surface area contributed by atoms with E-state index >= 15 is 0 Å². The first-order chi connectivity index (χ1) is 11.7. The van der Waals surface area contributed by atoms with Crippen molar-refractivity contribution in [3.63, 3.8) is 0 Å². The summed E-state index contributed by atoms with van der Waals surface area (Å²) >= 11 is 1.32. The summed E-state index contributed by atoms with van der Waals surface area (Å²) in [5.74, 6) is -0.0679. The predicted molar refractivity (Wildman–Crippen MR) is 88.4 cm³/mol. The van der Waals surface area contributed by atoms with Gasteiger partial charge in [-0.2, -0.15) is 5.06 Å². The van der Waals surface area contributed by atoms with Crippen LogP contribution in [0.5, 0.6) is 0 Å². The Balaban J connectivity index is 1.45. The van der Waals surface area contributed by atoms with E-state index in [0.717, 1.165) is 12.0 Å². The third-order valence-corrected chi connectivity index (χ3v) is 5.27. The van der Waals surface area contributed by atoms with E-state index < -0.39 is 6.04 Å². The normalized spacial score (nSPS) is 22.9. The lowest BCUT2D eigenvalue weighted by atomic mass is 9.98. The quantitative estimate of drug-likeness (QED) is 0.783. The molecule has 2 bridgehead atoms. The Morgan fingerprint density at radius 2 is 2.12 bits per heavy atom. The monoisotopic (exact) mass is 343 g/mol. The van der Waals surface area contributed by atoms with E-state index in [1.54, 1.807) is 16.5 Å². The summed E-state index contributed by atoms with van der Waals surface area (Å²) in [6, 6.07) is 9.11. The van der Waals surface area contributed by atoms with Crippen LogP contribution in [0.1, 0.15) is 28.2 Å². The SMILES string of the molecule is O=C(c1nccs1)[C@@H]1CC[C@@H]2CN1C(=O)N2OCc1ccccc1. The summed E-state index contributed by atoms with van der Waals surface area (Å²) in [5.41, 5.74) is 1.01. The smallest absolute Gasteiger partial charge is 0.310 e. The Labute approximate surface area is 143 Å². The van der Waals surface area contributed by atoms with Gasteiger partial charge in [-0.15, -0.1) is 11.3 Å². The molecule has 3 heterocycles. The molecule has 2 saturated heterocycles. The van der Waals surface area contributed by atoms with Crippen LogP contribution < -0.4 is 0 Å². The zero-order valence-corrected chi connectivity index (χ0v) is 13.8. The maximum Gasteiger partial charge on any atom is 0.344 e. The molecule has 2 aromatic rings. The molecule has 1 aromatic heterocycles. The minimum atomic E-state index is -0.426. The summed E-state index contributed by atoms with van der Waals surface area (Å²) in [7, 11) is 0. The number of benzene rings is 1. The lowest BCUT2D eigenvalue weighted by molar-refractivity contribution is -0.140. The largest absolute Gasteiger partial charge is 0.344 e. The Morgan fingerprint density at radius 1 is 1.29 bits per heavy atom. The van der Waals surface area contributed by atoms with Gasteiger partial charge in [-0.25, -0.2) is 9.78 Å². The summed E-state index contributed by atoms with van der Waals surface area (Å²) in [4.78, 5) is 36.7. The zero-order valence-electron chi connectivity index (χ0n) is 13.0. The first-order valence-electron chi connectivity index (χ1n) is 7.94. The maximum absolute atomic E-state index is 12.7. The van der Waals surface area contributed by atoms with E-state index in [4.69, 9.17) is 4.84 Å². The molecule has 7 heteroatoms. The van der Waals surface area contributed by atoms with E-state index in [-0.39, 0.29) is 17.9 Å². The van der Waals surface area contributed by atoms with E-state index in [1.165, 1.54) is 16.4 Å². The number of nitrogens with zero attached hydrogens (tertiary/aromatic N) is 3. The molecule has 2 fully saturated rings. The Morgan fingerprint density at radius 3 is 2.88 bits per heavy atom. The number of aromatic nitrogens is 1. The average molecular weight is 343 g/mol. The fourth-order valence-electron chi connectivity index (χ4n) is 3.28. The molecule has 1 aromatic carbocycles. The van der Waals surface area contributed by atoms with Gasteiger partial charge in [0.05, 0.1) is 12.1 Å². The van der Waals surface area contributed by atoms with Crippen LogP contribution >= 0.6 is 11.3 Å². The molecule has 0 radical (unpaired) electrons. The van der Waals surface area contributed by atoms with Crippen LogP contribution in [0.4, 0.5) is 4.79 Å². The highest BCUT2D eigenvalue weighted by Gasteiger charge is 2.48. The van der Waals surface area contributed by atoms with Crippen molar-refractivity contribution in [1.82, 2.24) is 14.9 Å². The number of thiazole rings is 1. The second kappa shape index (κ2) is 6.33. The molecule has 0 aliphatic carbocycles. The third-order valence-electron chi connectivity index (χ3n) is 4.48. The molecule has 6 nitrogen and oxygen atoms in total. The fraction of sp³-hybridized carbons (Fsp3) is 0.353. The summed E-state index contributed by atoms with van der Waals surface area (Å²) in [5, 5.41) is 3.69. The molecule has 2 amide bonds. The number of hydrogen-bond acceptors (Lipinski definition) is 5. The first kappa shape index (κ1) is 15.3. The average Bonchev–Trinajstić information content (AvgIpc) is 3.23. The molecule has 2 atom stereocenters. The number of carbonyl (C=O) groups excluding carboxylic acids is 2. The number of rotatable bonds is 5. The van der Waals surface area contributed by atoms with Gasteiger partial charge in [0.1, 0.15) is 6.61 Å². The van der Waals surface area contributed by atoms with Gasteiger partial charge in [0.15, 0.2) is 5.01 Å². The van der Waals surface area contributed by atoms with Gasteiger partial charge in [0, 0.05) is 18.1 Å². The Kier molecular flexibility index (Phi) is 4.03. The molecule has 0 saturated carbocycles. The van der Waals surface area contributed by atoms with Crippen LogP contribution in [-0.2, 0) is 11.4 Å². The van der Waals surface area contributed by atoms with Gasteiger partial charge in [0.25, 0.3) is 0 Å². The van der Waals surface area contributed by atoms with E-state index in [9.17, 15) is 9.59 Å². The molecule has 4 rings (SSSR count). The summed E-state index contributed by atoms with van der Waals surface area (Å²) in [6.45, 7) is 0.886. The van der Waals surface area contributed by atoms with Crippen molar-refractivity contribution in [3.8, 4) is 0 Å². The number of amides is 2. The van der Waals surface area contributed by atoms with Crippen molar-refractivity contribution in [2.24, 2.45) is 0 Å². The number of carbonyl (C=O) groups is 2. The zero-order chi connectivity index (χ0) is 16.5. The highest BCUT2D eigenvalue weighted by atomic mass is 32.1. The van der Waals surface area contributed by atoms with Gasteiger partial charge in [-0.1, -0.05) is 30.3 Å². The molecular weight excluding hydrogens is 326 g/mol. The lowest BCUT2D eigenvalue weighted by Crippen LogP contribution is -2.45. The van der Waals surface area contributed by atoms with Crippen molar-refractivity contribution in [3.05, 3.63) is 52.5 Å². The molecule has 0 unspecified atom stereocenters. The molecule has 2 aliphatic heterocycles. The van der Waals surface area contributed by atoms with E-state index in [2.05, 4.69) is 4.98 Å². The molecule has 0 N–H and O–H groups in total. The first-order valence-corrected chi connectivity index (χ1v) is 8.82. The number of hydroxylamine groups is 2. The van der Waals surface area contributed by atoms with Crippen molar-refractivity contribution >= 4 is 23.2 Å². The molecule has 0 spiro atoms. The minimum absolute atomic E-state index is 0.0153. The third kappa shape index (κ3) is 2.70. The number of urea groups is 1. The van der Waals surface area contributed by atoms with Crippen LogP contribution in [-0.4, -0.2) is 45.4 Å². The predicted octanol–water partition coefficient (Wildman–Crippen LogP) is 2.73. The standard InChI is InChI=1S/C17H17N3O3S/c21-15(16-18-8-9-24-16)14-7-6-13-10-19(14)17(22)20(13)23-11-12-4-2-1-3-5-12/h1-5,8-9,13-14H,6-7,10-11H2/t13-,14+/m1/s1. The van der Waals surface area contributed by atoms with Gasteiger partial charge in [-0.05, 0) is 18.4 Å². The summed E-state index contributed by atoms with van der Waals surface area (Å²) in [6.07, 6.45) is 3.03. The maximum atomic E-state index is 12.7.